The molecule has 0 bridgehead atoms. The van der Waals surface area contributed by atoms with Gasteiger partial charge in [-0.3, -0.25) is 15.1 Å². The van der Waals surface area contributed by atoms with Gasteiger partial charge in [-0.05, 0) is 31.2 Å². The molecule has 0 amide bonds. The molecule has 2 N–H and O–H groups in total. The van der Waals surface area contributed by atoms with Gasteiger partial charge in [0.15, 0.2) is 0 Å². The number of nitrogens with zero attached hydrogens (tertiary/aromatic N) is 2. The highest BCUT2D eigenvalue weighted by Gasteiger charge is 2.03. The number of benzene rings is 2. The second kappa shape index (κ2) is 7.21. The fraction of sp³-hybridized carbons (Fsp3) is 0.188. The van der Waals surface area contributed by atoms with Crippen molar-refractivity contribution in [2.45, 2.75) is 6.92 Å². The molecule has 2 aromatic carbocycles. The van der Waals surface area contributed by atoms with Crippen LogP contribution in [-0.4, -0.2) is 29.3 Å². The number of hydrogen-bond acceptors (Lipinski definition) is 5. The molecule has 2 aromatic rings. The first kappa shape index (κ1) is 15.5. The number of phenolic OH excluding ortho intramolecular Hbond substituents is 1. The zero-order valence-electron chi connectivity index (χ0n) is 12.2. The molecule has 0 saturated heterocycles. The minimum absolute atomic E-state index is 0.0680. The van der Waals surface area contributed by atoms with Gasteiger partial charge in [0.1, 0.15) is 5.75 Å². The molecule has 22 heavy (non-hydrogen) atoms. The maximum absolute atomic E-state index is 10.5. The molecular formula is C16H17N3O3. The van der Waals surface area contributed by atoms with E-state index in [1.54, 1.807) is 24.4 Å². The van der Waals surface area contributed by atoms with Gasteiger partial charge < -0.3 is 10.4 Å². The van der Waals surface area contributed by atoms with Gasteiger partial charge >= 0.3 is 0 Å². The zero-order valence-corrected chi connectivity index (χ0v) is 12.2. The molecule has 0 fully saturated rings. The summed E-state index contributed by atoms with van der Waals surface area (Å²) in [6, 6.07) is 11.6. The second-order valence-electron chi connectivity index (χ2n) is 4.83. The lowest BCUT2D eigenvalue weighted by atomic mass is 10.1. The summed E-state index contributed by atoms with van der Waals surface area (Å²) in [7, 11) is 0. The summed E-state index contributed by atoms with van der Waals surface area (Å²) < 4.78 is 0. The van der Waals surface area contributed by atoms with E-state index in [4.69, 9.17) is 0 Å². The van der Waals surface area contributed by atoms with Crippen LogP contribution in [0.4, 0.5) is 11.4 Å². The van der Waals surface area contributed by atoms with Gasteiger partial charge in [-0.15, -0.1) is 0 Å². The Hall–Kier alpha value is -2.89. The zero-order chi connectivity index (χ0) is 15.9. The van der Waals surface area contributed by atoms with Gasteiger partial charge in [0, 0.05) is 36.1 Å². The Morgan fingerprint density at radius 3 is 2.68 bits per heavy atom. The van der Waals surface area contributed by atoms with E-state index in [-0.39, 0.29) is 11.4 Å². The molecule has 0 saturated carbocycles. The second-order valence-corrected chi connectivity index (χ2v) is 4.83. The minimum Gasteiger partial charge on any atom is -0.507 e. The van der Waals surface area contributed by atoms with Crippen molar-refractivity contribution < 1.29 is 10.0 Å². The SMILES string of the molecule is Cc1ccc(O)c(C=NCCNc2ccc([N+](=O)[O-])cc2)c1. The molecule has 0 heterocycles. The summed E-state index contributed by atoms with van der Waals surface area (Å²) >= 11 is 0. The van der Waals surface area contributed by atoms with E-state index in [9.17, 15) is 15.2 Å². The molecule has 6 nitrogen and oxygen atoms in total. The van der Waals surface area contributed by atoms with Crippen molar-refractivity contribution in [3.05, 3.63) is 63.7 Å². The highest BCUT2D eigenvalue weighted by atomic mass is 16.6. The Kier molecular flexibility index (Phi) is 5.08. The van der Waals surface area contributed by atoms with Crippen molar-refractivity contribution in [2.24, 2.45) is 4.99 Å². The number of aliphatic imine (C=N–C) groups is 1. The summed E-state index contributed by atoms with van der Waals surface area (Å²) in [4.78, 5) is 14.4. The van der Waals surface area contributed by atoms with Crippen LogP contribution in [0.25, 0.3) is 0 Å². The normalized spacial score (nSPS) is 10.8. The number of rotatable bonds is 6. The van der Waals surface area contributed by atoms with Crippen LogP contribution in [0.3, 0.4) is 0 Å². The lowest BCUT2D eigenvalue weighted by molar-refractivity contribution is -0.384. The third kappa shape index (κ3) is 4.31. The Morgan fingerprint density at radius 2 is 2.00 bits per heavy atom. The quantitative estimate of drug-likeness (QED) is 0.371. The monoisotopic (exact) mass is 299 g/mol. The number of nitro groups is 1. The molecule has 0 atom stereocenters. The summed E-state index contributed by atoms with van der Waals surface area (Å²) in [5.41, 5.74) is 2.62. The van der Waals surface area contributed by atoms with Crippen LogP contribution in [0, 0.1) is 17.0 Å². The molecule has 0 spiro atoms. The van der Waals surface area contributed by atoms with E-state index < -0.39 is 4.92 Å². The van der Waals surface area contributed by atoms with Crippen molar-refractivity contribution in [3.8, 4) is 5.75 Å². The van der Waals surface area contributed by atoms with Crippen molar-refractivity contribution in [1.29, 1.82) is 0 Å². The number of hydrogen-bond donors (Lipinski definition) is 2. The van der Waals surface area contributed by atoms with Crippen molar-refractivity contribution in [3.63, 3.8) is 0 Å². The van der Waals surface area contributed by atoms with Gasteiger partial charge in [0.25, 0.3) is 5.69 Å². The van der Waals surface area contributed by atoms with Gasteiger partial charge in [-0.25, -0.2) is 0 Å². The number of phenols is 1. The van der Waals surface area contributed by atoms with Crippen LogP contribution in [-0.2, 0) is 0 Å². The molecule has 0 radical (unpaired) electrons. The third-order valence-corrected chi connectivity index (χ3v) is 3.06. The number of nitrogens with one attached hydrogen (secondary N) is 1. The minimum atomic E-state index is -0.428. The van der Waals surface area contributed by atoms with Crippen molar-refractivity contribution in [1.82, 2.24) is 0 Å². The van der Waals surface area contributed by atoms with Gasteiger partial charge in [-0.2, -0.15) is 0 Å². The number of non-ortho nitro benzene ring substituents is 1. The molecule has 0 aliphatic carbocycles. The maximum atomic E-state index is 10.5. The van der Waals surface area contributed by atoms with Gasteiger partial charge in [0.2, 0.25) is 0 Å². The molecule has 0 unspecified atom stereocenters. The Labute approximate surface area is 128 Å². The van der Waals surface area contributed by atoms with E-state index in [0.717, 1.165) is 11.3 Å². The standard InChI is InChI=1S/C16H17N3O3/c1-12-2-7-16(20)13(10-12)11-17-8-9-18-14-3-5-15(6-4-14)19(21)22/h2-7,10-11,18,20H,8-9H2,1H3. The molecule has 0 aliphatic heterocycles. The summed E-state index contributed by atoms with van der Waals surface area (Å²) in [5.74, 6) is 0.206. The topological polar surface area (TPSA) is 87.8 Å². The molecule has 0 aromatic heterocycles. The fourth-order valence-corrected chi connectivity index (χ4v) is 1.91. The smallest absolute Gasteiger partial charge is 0.269 e. The van der Waals surface area contributed by atoms with Crippen LogP contribution >= 0.6 is 0 Å². The average Bonchev–Trinajstić information content (AvgIpc) is 2.50. The lowest BCUT2D eigenvalue weighted by Crippen LogP contribution is -2.05. The Bertz CT molecular complexity index is 682. The van der Waals surface area contributed by atoms with Crippen LogP contribution in [0.1, 0.15) is 11.1 Å². The molecule has 0 aliphatic rings. The van der Waals surface area contributed by atoms with Crippen LogP contribution in [0.15, 0.2) is 47.5 Å². The molecule has 114 valence electrons. The van der Waals surface area contributed by atoms with E-state index in [1.807, 2.05) is 19.1 Å². The third-order valence-electron chi connectivity index (χ3n) is 3.06. The summed E-state index contributed by atoms with van der Waals surface area (Å²) in [5, 5.41) is 23.3. The predicted molar refractivity (Wildman–Crippen MR) is 86.9 cm³/mol. The van der Waals surface area contributed by atoms with E-state index in [1.165, 1.54) is 12.1 Å². The average molecular weight is 299 g/mol. The van der Waals surface area contributed by atoms with Crippen molar-refractivity contribution in [2.75, 3.05) is 18.4 Å². The highest BCUT2D eigenvalue weighted by molar-refractivity contribution is 5.83. The highest BCUT2D eigenvalue weighted by Crippen LogP contribution is 2.16. The van der Waals surface area contributed by atoms with Crippen LogP contribution in [0.5, 0.6) is 5.75 Å². The number of nitro benzene ring substituents is 1. The molecule has 6 heteroatoms. The number of anilines is 1. The van der Waals surface area contributed by atoms with Gasteiger partial charge in [0.05, 0.1) is 11.5 Å². The predicted octanol–water partition coefficient (Wildman–Crippen LogP) is 3.14. The van der Waals surface area contributed by atoms with Crippen LogP contribution < -0.4 is 5.32 Å². The first-order valence-electron chi connectivity index (χ1n) is 6.84. The maximum Gasteiger partial charge on any atom is 0.269 e. The lowest BCUT2D eigenvalue weighted by Gasteiger charge is -2.04. The summed E-state index contributed by atoms with van der Waals surface area (Å²) in [6.45, 7) is 3.08. The van der Waals surface area contributed by atoms with E-state index in [0.29, 0.717) is 18.7 Å². The van der Waals surface area contributed by atoms with Crippen molar-refractivity contribution >= 4 is 17.6 Å². The Balaban J connectivity index is 1.82. The Morgan fingerprint density at radius 1 is 1.27 bits per heavy atom. The van der Waals surface area contributed by atoms with Gasteiger partial charge in [-0.1, -0.05) is 11.6 Å². The molecular weight excluding hydrogens is 282 g/mol. The van der Waals surface area contributed by atoms with E-state index in [2.05, 4.69) is 10.3 Å². The largest absolute Gasteiger partial charge is 0.507 e. The number of aromatic hydroxyl groups is 1. The molecule has 2 rings (SSSR count). The summed E-state index contributed by atoms with van der Waals surface area (Å²) in [6.07, 6.45) is 1.64. The van der Waals surface area contributed by atoms with E-state index >= 15 is 0 Å². The number of aryl methyl sites for hydroxylation is 1. The fourth-order valence-electron chi connectivity index (χ4n) is 1.91. The first-order chi connectivity index (χ1) is 10.6. The van der Waals surface area contributed by atoms with Crippen LogP contribution in [0.2, 0.25) is 0 Å². The first-order valence-corrected chi connectivity index (χ1v) is 6.84.